The van der Waals surface area contributed by atoms with Crippen molar-refractivity contribution in [3.05, 3.63) is 83.5 Å². The van der Waals surface area contributed by atoms with Crippen molar-refractivity contribution in [3.63, 3.8) is 0 Å². The highest BCUT2D eigenvalue weighted by molar-refractivity contribution is 5.83. The zero-order chi connectivity index (χ0) is 19.5. The van der Waals surface area contributed by atoms with E-state index in [0.717, 1.165) is 22.3 Å². The number of fused-ring (bicyclic) bond motifs is 3. The molecule has 0 aromatic heterocycles. The van der Waals surface area contributed by atoms with Gasteiger partial charge in [0, 0.05) is 5.92 Å². The molecule has 5 heteroatoms. The van der Waals surface area contributed by atoms with E-state index in [-0.39, 0.29) is 12.5 Å². The van der Waals surface area contributed by atoms with Gasteiger partial charge >= 0.3 is 12.1 Å². The first-order valence-corrected chi connectivity index (χ1v) is 9.33. The Morgan fingerprint density at radius 3 is 2.25 bits per heavy atom. The number of ether oxygens (including phenoxy) is 1. The number of carboxylic acid groups (broad SMARTS) is 1. The summed E-state index contributed by atoms with van der Waals surface area (Å²) in [6.45, 7) is 0.158. The van der Waals surface area contributed by atoms with Crippen molar-refractivity contribution in [2.75, 3.05) is 6.61 Å². The van der Waals surface area contributed by atoms with E-state index in [1.165, 1.54) is 0 Å². The van der Waals surface area contributed by atoms with Gasteiger partial charge in [-0.1, -0.05) is 66.8 Å². The average molecular weight is 375 g/mol. The summed E-state index contributed by atoms with van der Waals surface area (Å²) in [5.74, 6) is -1.15. The molecular formula is C23H21NO4. The van der Waals surface area contributed by atoms with Crippen molar-refractivity contribution >= 4 is 12.1 Å². The van der Waals surface area contributed by atoms with Crippen LogP contribution >= 0.6 is 0 Å². The van der Waals surface area contributed by atoms with Crippen LogP contribution in [-0.2, 0) is 9.53 Å². The van der Waals surface area contributed by atoms with Gasteiger partial charge in [-0.3, -0.25) is 0 Å². The fraction of sp³-hybridized carbons (Fsp3) is 0.217. The fourth-order valence-electron chi connectivity index (χ4n) is 3.93. The summed E-state index contributed by atoms with van der Waals surface area (Å²) in [7, 11) is 0. The average Bonchev–Trinajstić information content (AvgIpc) is 3.05. The normalized spacial score (nSPS) is 15.9. The van der Waals surface area contributed by atoms with E-state index in [4.69, 9.17) is 4.74 Å². The second-order valence-corrected chi connectivity index (χ2v) is 6.93. The maximum atomic E-state index is 12.3. The van der Waals surface area contributed by atoms with Gasteiger partial charge in [-0.15, -0.1) is 0 Å². The lowest BCUT2D eigenvalue weighted by molar-refractivity contribution is -0.138. The highest BCUT2D eigenvalue weighted by Gasteiger charge is 2.30. The molecule has 0 radical (unpaired) electrons. The summed E-state index contributed by atoms with van der Waals surface area (Å²) in [6, 6.07) is 15.1. The van der Waals surface area contributed by atoms with Crippen LogP contribution in [0.15, 0.2) is 72.3 Å². The maximum absolute atomic E-state index is 12.3. The number of nitrogens with one attached hydrogen (secondary N) is 1. The van der Waals surface area contributed by atoms with Crippen molar-refractivity contribution in [1.29, 1.82) is 0 Å². The van der Waals surface area contributed by atoms with Crippen LogP contribution in [-0.4, -0.2) is 29.8 Å². The molecular weight excluding hydrogens is 354 g/mol. The first-order chi connectivity index (χ1) is 13.6. The van der Waals surface area contributed by atoms with Gasteiger partial charge in [0.25, 0.3) is 0 Å². The minimum Gasteiger partial charge on any atom is -0.479 e. The second-order valence-electron chi connectivity index (χ2n) is 6.93. The molecule has 2 aliphatic rings. The van der Waals surface area contributed by atoms with Crippen LogP contribution in [0.1, 0.15) is 29.9 Å². The first-order valence-electron chi connectivity index (χ1n) is 9.33. The van der Waals surface area contributed by atoms with E-state index in [2.05, 4.69) is 17.4 Å². The Kier molecular flexibility index (Phi) is 4.98. The van der Waals surface area contributed by atoms with Gasteiger partial charge in [0.1, 0.15) is 6.61 Å². The lowest BCUT2D eigenvalue weighted by atomic mass is 9.98. The molecule has 4 rings (SSSR count). The highest BCUT2D eigenvalue weighted by Crippen LogP contribution is 2.44. The third-order valence-corrected chi connectivity index (χ3v) is 5.26. The van der Waals surface area contributed by atoms with E-state index in [0.29, 0.717) is 18.4 Å². The fourth-order valence-corrected chi connectivity index (χ4v) is 3.93. The largest absolute Gasteiger partial charge is 0.479 e. The molecule has 2 aliphatic carbocycles. The molecule has 5 nitrogen and oxygen atoms in total. The number of hydrogen-bond donors (Lipinski definition) is 2. The SMILES string of the molecule is O=C(N[C@@H](C(=O)O)C1=CCC=CC1)OCC1c2ccccc2-c2ccccc21. The smallest absolute Gasteiger partial charge is 0.408 e. The minimum absolute atomic E-state index is 0.0572. The zero-order valence-corrected chi connectivity index (χ0v) is 15.3. The Hall–Kier alpha value is -3.34. The van der Waals surface area contributed by atoms with E-state index in [1.807, 2.05) is 54.6 Å². The maximum Gasteiger partial charge on any atom is 0.408 e. The first kappa shape index (κ1) is 18.0. The molecule has 0 saturated heterocycles. The van der Waals surface area contributed by atoms with Gasteiger partial charge < -0.3 is 15.2 Å². The molecule has 0 bridgehead atoms. The minimum atomic E-state index is -1.09. The third kappa shape index (κ3) is 3.43. The molecule has 0 unspecified atom stereocenters. The van der Waals surface area contributed by atoms with Crippen LogP contribution in [0, 0.1) is 0 Å². The summed E-state index contributed by atoms with van der Waals surface area (Å²) in [5, 5.41) is 12.0. The lowest BCUT2D eigenvalue weighted by Crippen LogP contribution is -2.42. The van der Waals surface area contributed by atoms with E-state index >= 15 is 0 Å². The predicted octanol–water partition coefficient (Wildman–Crippen LogP) is 4.25. The molecule has 2 aromatic rings. The van der Waals surface area contributed by atoms with E-state index < -0.39 is 18.1 Å². The standard InChI is InChI=1S/C23H21NO4/c25-22(26)21(15-8-2-1-3-9-15)24-23(27)28-14-20-18-12-6-4-10-16(18)17-11-5-7-13-19(17)20/h1-2,4-7,9-13,20-21H,3,8,14H2,(H,24,27)(H,25,26)/t21-/m1/s1. The Bertz CT molecular complexity index is 931. The third-order valence-electron chi connectivity index (χ3n) is 5.26. The summed E-state index contributed by atoms with van der Waals surface area (Å²) < 4.78 is 5.45. The quantitative estimate of drug-likeness (QED) is 0.766. The van der Waals surface area contributed by atoms with Crippen molar-refractivity contribution in [1.82, 2.24) is 5.32 Å². The van der Waals surface area contributed by atoms with E-state index in [9.17, 15) is 14.7 Å². The number of benzene rings is 2. The number of amides is 1. The molecule has 1 amide bonds. The molecule has 0 spiro atoms. The van der Waals surface area contributed by atoms with Gasteiger partial charge in [0.05, 0.1) is 0 Å². The van der Waals surface area contributed by atoms with Gasteiger partial charge in [-0.05, 0) is 40.7 Å². The number of allylic oxidation sites excluding steroid dienone is 3. The molecule has 0 heterocycles. The summed E-state index contributed by atoms with van der Waals surface area (Å²) in [6.07, 6.45) is 6.18. The van der Waals surface area contributed by atoms with Gasteiger partial charge in [0.2, 0.25) is 0 Å². The molecule has 142 valence electrons. The second kappa shape index (κ2) is 7.72. The van der Waals surface area contributed by atoms with Crippen LogP contribution in [0.5, 0.6) is 0 Å². The molecule has 1 atom stereocenters. The zero-order valence-electron chi connectivity index (χ0n) is 15.3. The van der Waals surface area contributed by atoms with Crippen molar-refractivity contribution < 1.29 is 19.4 Å². The number of hydrogen-bond acceptors (Lipinski definition) is 3. The topological polar surface area (TPSA) is 75.6 Å². The van der Waals surface area contributed by atoms with Crippen LogP contribution in [0.4, 0.5) is 4.79 Å². The monoisotopic (exact) mass is 375 g/mol. The number of alkyl carbamates (subject to hydrolysis) is 1. The number of carbonyl (C=O) groups is 2. The molecule has 0 fully saturated rings. The number of carboxylic acids is 1. The number of rotatable bonds is 5. The predicted molar refractivity (Wildman–Crippen MR) is 106 cm³/mol. The van der Waals surface area contributed by atoms with Crippen molar-refractivity contribution in [2.45, 2.75) is 24.8 Å². The number of aliphatic carboxylic acids is 1. The molecule has 0 aliphatic heterocycles. The molecule has 2 aromatic carbocycles. The summed E-state index contributed by atoms with van der Waals surface area (Å²) in [4.78, 5) is 23.9. The van der Waals surface area contributed by atoms with Crippen molar-refractivity contribution in [2.24, 2.45) is 0 Å². The Labute approximate surface area is 163 Å². The number of carbonyl (C=O) groups excluding carboxylic acids is 1. The van der Waals surface area contributed by atoms with Crippen LogP contribution in [0.3, 0.4) is 0 Å². The Morgan fingerprint density at radius 2 is 1.68 bits per heavy atom. The lowest BCUT2D eigenvalue weighted by Gasteiger charge is -2.20. The van der Waals surface area contributed by atoms with Crippen molar-refractivity contribution in [3.8, 4) is 11.1 Å². The highest BCUT2D eigenvalue weighted by atomic mass is 16.5. The van der Waals surface area contributed by atoms with Crippen LogP contribution < -0.4 is 5.32 Å². The van der Waals surface area contributed by atoms with E-state index in [1.54, 1.807) is 0 Å². The van der Waals surface area contributed by atoms with Gasteiger partial charge in [0.15, 0.2) is 6.04 Å². The molecule has 2 N–H and O–H groups in total. The van der Waals surface area contributed by atoms with Gasteiger partial charge in [-0.25, -0.2) is 9.59 Å². The summed E-state index contributed by atoms with van der Waals surface area (Å²) >= 11 is 0. The summed E-state index contributed by atoms with van der Waals surface area (Å²) in [5.41, 5.74) is 5.20. The Balaban J connectivity index is 1.46. The van der Waals surface area contributed by atoms with Gasteiger partial charge in [-0.2, -0.15) is 0 Å². The van der Waals surface area contributed by atoms with Crippen LogP contribution in [0.25, 0.3) is 11.1 Å². The Morgan fingerprint density at radius 1 is 1.04 bits per heavy atom. The molecule has 0 saturated carbocycles. The molecule has 28 heavy (non-hydrogen) atoms. The van der Waals surface area contributed by atoms with Crippen LogP contribution in [0.2, 0.25) is 0 Å².